The number of rotatable bonds is 9. The topological polar surface area (TPSA) is 143 Å². The number of aliphatic carboxylic acids is 1. The van der Waals surface area contributed by atoms with Crippen LogP contribution in [-0.4, -0.2) is 80.8 Å². The second kappa shape index (κ2) is 17.3. The van der Waals surface area contributed by atoms with Crippen molar-refractivity contribution in [2.24, 2.45) is 5.41 Å². The molecule has 2 aliphatic rings. The Morgan fingerprint density at radius 1 is 0.931 bits per heavy atom. The molecule has 15 heteroatoms. The highest BCUT2D eigenvalue weighted by molar-refractivity contribution is 6.06. The van der Waals surface area contributed by atoms with E-state index in [9.17, 15) is 27.5 Å². The molecule has 2 saturated heterocycles. The van der Waals surface area contributed by atoms with Gasteiger partial charge in [0.05, 0.1) is 16.9 Å². The van der Waals surface area contributed by atoms with Crippen LogP contribution in [0.5, 0.6) is 0 Å². The normalized spacial score (nSPS) is 15.9. The van der Waals surface area contributed by atoms with Gasteiger partial charge in [0, 0.05) is 22.3 Å². The number of aryl methyl sites for hydroxylation is 1. The molecule has 0 aliphatic carbocycles. The number of fused-ring (bicyclic) bond motifs is 1. The number of nitrogens with one attached hydrogen (secondary N) is 3. The second-order valence-corrected chi connectivity index (χ2v) is 15.7. The quantitative estimate of drug-likeness (QED) is 0.0936. The fraction of sp³-hybridized carbons (Fsp3) is 0.395. The summed E-state index contributed by atoms with van der Waals surface area (Å²) in [6.45, 7) is 10.7. The zero-order valence-electron chi connectivity index (χ0n) is 32.6. The lowest BCUT2D eigenvalue weighted by molar-refractivity contribution is -0.192. The van der Waals surface area contributed by atoms with Gasteiger partial charge in [-0.1, -0.05) is 30.3 Å². The minimum Gasteiger partial charge on any atom is -0.475 e. The molecular weight excluding hydrogens is 760 g/mol. The Morgan fingerprint density at radius 2 is 1.60 bits per heavy atom. The van der Waals surface area contributed by atoms with Gasteiger partial charge in [0.1, 0.15) is 23.6 Å². The number of carbonyl (C=O) groups is 2. The summed E-state index contributed by atoms with van der Waals surface area (Å²) in [7, 11) is 0. The van der Waals surface area contributed by atoms with Crippen molar-refractivity contribution < 1.29 is 41.8 Å². The molecular formula is C43H47F5N6O4. The Kier molecular flexibility index (Phi) is 12.6. The number of hydrogen-bond acceptors (Lipinski definition) is 7. The molecule has 0 saturated carbocycles. The molecule has 0 unspecified atom stereocenters. The van der Waals surface area contributed by atoms with E-state index in [4.69, 9.17) is 9.90 Å². The fourth-order valence-electron chi connectivity index (χ4n) is 7.70. The lowest BCUT2D eigenvalue weighted by Gasteiger charge is -2.44. The van der Waals surface area contributed by atoms with Crippen LogP contribution in [-0.2, 0) is 16.8 Å². The summed E-state index contributed by atoms with van der Waals surface area (Å²) >= 11 is 0. The number of hydrogen-bond donors (Lipinski definition) is 5. The zero-order chi connectivity index (χ0) is 41.8. The van der Waals surface area contributed by atoms with Gasteiger partial charge in [-0.05, 0) is 150 Å². The van der Waals surface area contributed by atoms with E-state index >= 15 is 4.39 Å². The van der Waals surface area contributed by atoms with Crippen LogP contribution in [0.2, 0.25) is 0 Å². The summed E-state index contributed by atoms with van der Waals surface area (Å²) in [4.78, 5) is 37.0. The molecule has 2 fully saturated rings. The van der Waals surface area contributed by atoms with Gasteiger partial charge in [-0.15, -0.1) is 0 Å². The Hall–Kier alpha value is -5.25. The van der Waals surface area contributed by atoms with E-state index in [0.29, 0.717) is 38.8 Å². The molecule has 2 aliphatic heterocycles. The average Bonchev–Trinajstić information content (AvgIpc) is 3.62. The largest absolute Gasteiger partial charge is 0.490 e. The van der Waals surface area contributed by atoms with Gasteiger partial charge in [0.2, 0.25) is 0 Å². The number of anilines is 1. The van der Waals surface area contributed by atoms with E-state index < -0.39 is 35.3 Å². The van der Waals surface area contributed by atoms with Crippen molar-refractivity contribution in [3.05, 3.63) is 101 Å². The number of likely N-dealkylation sites (tertiary alicyclic amines) is 1. The maximum absolute atomic E-state index is 15.1. The first-order chi connectivity index (χ1) is 27.4. The zero-order valence-corrected chi connectivity index (χ0v) is 32.6. The molecule has 1 spiro atoms. The van der Waals surface area contributed by atoms with Crippen LogP contribution in [0.25, 0.3) is 33.5 Å². The first-order valence-electron chi connectivity index (χ1n) is 19.2. The van der Waals surface area contributed by atoms with Gasteiger partial charge in [-0.3, -0.25) is 4.79 Å². The van der Waals surface area contributed by atoms with Gasteiger partial charge in [-0.25, -0.2) is 23.5 Å². The Labute approximate surface area is 332 Å². The van der Waals surface area contributed by atoms with E-state index in [2.05, 4.69) is 54.8 Å². The van der Waals surface area contributed by atoms with Crippen molar-refractivity contribution in [1.29, 1.82) is 0 Å². The Morgan fingerprint density at radius 3 is 2.22 bits per heavy atom. The molecule has 1 amide bonds. The Bertz CT molecular complexity index is 2250. The number of aromatic amines is 1. The number of carbonyl (C=O) groups excluding carboxylic acids is 1. The summed E-state index contributed by atoms with van der Waals surface area (Å²) in [6, 6.07) is 17.1. The summed E-state index contributed by atoms with van der Waals surface area (Å²) in [5, 5.41) is 24.2. The van der Waals surface area contributed by atoms with E-state index in [0.717, 1.165) is 36.7 Å². The number of benzene rings is 3. The molecule has 7 rings (SSSR count). The molecule has 0 radical (unpaired) electrons. The third-order valence-corrected chi connectivity index (χ3v) is 11.2. The molecule has 2 aromatic heterocycles. The second-order valence-electron chi connectivity index (χ2n) is 15.7. The fourth-order valence-corrected chi connectivity index (χ4v) is 7.70. The number of carboxylic acids is 1. The van der Waals surface area contributed by atoms with Crippen LogP contribution in [0.4, 0.5) is 27.6 Å². The van der Waals surface area contributed by atoms with Crippen molar-refractivity contribution in [1.82, 2.24) is 25.2 Å². The third-order valence-electron chi connectivity index (χ3n) is 11.2. The number of H-pyrrole nitrogens is 1. The number of amides is 1. The highest BCUT2D eigenvalue weighted by atomic mass is 19.4. The van der Waals surface area contributed by atoms with Gasteiger partial charge in [0.15, 0.2) is 0 Å². The number of carboxylic acid groups (broad SMARTS) is 1. The maximum atomic E-state index is 15.1. The first kappa shape index (κ1) is 42.4. The molecule has 58 heavy (non-hydrogen) atoms. The minimum atomic E-state index is -5.08. The van der Waals surface area contributed by atoms with Gasteiger partial charge < -0.3 is 30.7 Å². The van der Waals surface area contributed by atoms with Crippen LogP contribution >= 0.6 is 0 Å². The van der Waals surface area contributed by atoms with Crippen molar-refractivity contribution in [3.63, 3.8) is 0 Å². The van der Waals surface area contributed by atoms with Crippen LogP contribution in [0.1, 0.15) is 73.0 Å². The monoisotopic (exact) mass is 806 g/mol. The SMILES string of the molecule is Cc1c(NC(=O)c2ccc(C(C)(C)O)cc2F)cc(F)cc1-c1ncnc2[nH]c(-c3ccc(CCCN4CCC5(CCNCC5)CC4)cc3)cc12.O=C(O)C(F)(F)F. The molecule has 0 atom stereocenters. The Balaban J connectivity index is 0.000000743. The van der Waals surface area contributed by atoms with Crippen molar-refractivity contribution in [3.8, 4) is 22.5 Å². The number of aliphatic hydroxyl groups is 1. The highest BCUT2D eigenvalue weighted by Crippen LogP contribution is 2.40. The molecule has 4 heterocycles. The maximum Gasteiger partial charge on any atom is 0.490 e. The number of halogens is 5. The molecule has 5 aromatic rings. The minimum absolute atomic E-state index is 0.199. The van der Waals surface area contributed by atoms with Crippen LogP contribution in [0.15, 0.2) is 67.0 Å². The molecule has 308 valence electrons. The van der Waals surface area contributed by atoms with E-state index in [1.165, 1.54) is 102 Å². The molecule has 5 N–H and O–H groups in total. The van der Waals surface area contributed by atoms with E-state index in [1.807, 2.05) is 6.07 Å². The van der Waals surface area contributed by atoms with Crippen LogP contribution in [0, 0.1) is 24.0 Å². The summed E-state index contributed by atoms with van der Waals surface area (Å²) in [5.41, 5.74) is 4.99. The summed E-state index contributed by atoms with van der Waals surface area (Å²) < 4.78 is 61.7. The first-order valence-corrected chi connectivity index (χ1v) is 19.2. The number of nitrogens with zero attached hydrogens (tertiary/aromatic N) is 3. The lowest BCUT2D eigenvalue weighted by atomic mass is 9.71. The molecule has 0 bridgehead atoms. The van der Waals surface area contributed by atoms with E-state index in [-0.39, 0.29) is 11.3 Å². The average molecular weight is 807 g/mol. The predicted octanol–water partition coefficient (Wildman–Crippen LogP) is 8.39. The standard InChI is InChI=1S/C41H46F2N6O2.C2HF3O2/c1-26-32(22-30(42)23-35(26)48-39(50)31-11-10-29(21-34(31)43)40(2,3)51)37-33-24-36(47-38(33)46-25-45-37)28-8-6-27(7-9-28)5-4-18-49-19-14-41(15-20-49)12-16-44-17-13-41;3-2(4,5)1(6)7/h6-11,21-25,44,51H,4-5,12-20H2,1-3H3,(H,48,50)(H,45,46,47);(H,6,7). The van der Waals surface area contributed by atoms with Crippen molar-refractivity contribution >= 4 is 28.6 Å². The van der Waals surface area contributed by atoms with Gasteiger partial charge in [0.25, 0.3) is 5.91 Å². The summed E-state index contributed by atoms with van der Waals surface area (Å²) in [6.07, 6.45) is 3.83. The predicted molar refractivity (Wildman–Crippen MR) is 211 cm³/mol. The number of alkyl halides is 3. The smallest absolute Gasteiger partial charge is 0.475 e. The van der Waals surface area contributed by atoms with Crippen molar-refractivity contribution in [2.45, 2.75) is 71.1 Å². The van der Waals surface area contributed by atoms with Gasteiger partial charge in [-0.2, -0.15) is 13.2 Å². The van der Waals surface area contributed by atoms with Gasteiger partial charge >= 0.3 is 12.1 Å². The summed E-state index contributed by atoms with van der Waals surface area (Å²) in [5.74, 6) is -4.85. The lowest BCUT2D eigenvalue weighted by Crippen LogP contribution is -2.45. The molecule has 10 nitrogen and oxygen atoms in total. The number of piperidine rings is 2. The molecule has 3 aromatic carbocycles. The van der Waals surface area contributed by atoms with Crippen molar-refractivity contribution in [2.75, 3.05) is 38.0 Å². The number of aromatic nitrogens is 3. The highest BCUT2D eigenvalue weighted by Gasteiger charge is 2.38. The van der Waals surface area contributed by atoms with Crippen LogP contribution in [0.3, 0.4) is 0 Å². The van der Waals surface area contributed by atoms with Crippen LogP contribution < -0.4 is 10.6 Å². The van der Waals surface area contributed by atoms with E-state index in [1.54, 1.807) is 6.92 Å². The third kappa shape index (κ3) is 10.1.